The lowest BCUT2D eigenvalue weighted by molar-refractivity contribution is 1.33. The molecular formula is C56H32N2O2. The highest BCUT2D eigenvalue weighted by atomic mass is 16.1. The molecule has 4 nitrogen and oxygen atoms in total. The molecule has 60 heavy (non-hydrogen) atoms. The van der Waals surface area contributed by atoms with E-state index < -0.39 is 0 Å². The first-order valence-electron chi connectivity index (χ1n) is 20.3. The van der Waals surface area contributed by atoms with Gasteiger partial charge in [0.05, 0.1) is 33.1 Å². The summed E-state index contributed by atoms with van der Waals surface area (Å²) >= 11 is 0. The van der Waals surface area contributed by atoms with Crippen molar-refractivity contribution in [3.63, 3.8) is 0 Å². The van der Waals surface area contributed by atoms with Crippen molar-refractivity contribution in [2.45, 2.75) is 0 Å². The third-order valence-electron chi connectivity index (χ3n) is 12.7. The first kappa shape index (κ1) is 32.9. The average Bonchev–Trinajstić information content (AvgIpc) is 3.84. The molecule has 9 aromatic carbocycles. The van der Waals surface area contributed by atoms with Gasteiger partial charge in [-0.1, -0.05) is 133 Å². The number of aromatic nitrogens is 2. The van der Waals surface area contributed by atoms with Gasteiger partial charge < -0.3 is 8.80 Å². The van der Waals surface area contributed by atoms with Crippen molar-refractivity contribution in [3.05, 3.63) is 215 Å². The van der Waals surface area contributed by atoms with Crippen LogP contribution in [0, 0.1) is 0 Å². The van der Waals surface area contributed by atoms with Crippen LogP contribution in [0.3, 0.4) is 0 Å². The Morgan fingerprint density at radius 1 is 0.250 bits per heavy atom. The zero-order valence-electron chi connectivity index (χ0n) is 32.2. The van der Waals surface area contributed by atoms with Gasteiger partial charge in [0.1, 0.15) is 0 Å². The van der Waals surface area contributed by atoms with E-state index in [4.69, 9.17) is 0 Å². The van der Waals surface area contributed by atoms with E-state index >= 15 is 0 Å². The minimum absolute atomic E-state index is 0.0138. The summed E-state index contributed by atoms with van der Waals surface area (Å²) in [7, 11) is 0. The van der Waals surface area contributed by atoms with Gasteiger partial charge in [-0.2, -0.15) is 0 Å². The Labute approximate surface area is 342 Å². The van der Waals surface area contributed by atoms with Crippen LogP contribution < -0.4 is 10.9 Å². The van der Waals surface area contributed by atoms with E-state index in [2.05, 4.69) is 130 Å². The van der Waals surface area contributed by atoms with Gasteiger partial charge in [0, 0.05) is 43.1 Å². The number of nitrogens with zero attached hydrogens (tertiary/aromatic N) is 2. The lowest BCUT2D eigenvalue weighted by Crippen LogP contribution is -2.07. The molecule has 0 fully saturated rings. The number of rotatable bonds is 4. The predicted octanol–water partition coefficient (Wildman–Crippen LogP) is 13.4. The Morgan fingerprint density at radius 3 is 0.917 bits per heavy atom. The Kier molecular flexibility index (Phi) is 6.71. The van der Waals surface area contributed by atoms with Crippen LogP contribution in [0.1, 0.15) is 0 Å². The first-order chi connectivity index (χ1) is 29.6. The van der Waals surface area contributed by atoms with E-state index in [1.165, 1.54) is 0 Å². The van der Waals surface area contributed by atoms with Crippen LogP contribution in [0.15, 0.2) is 204 Å². The summed E-state index contributed by atoms with van der Waals surface area (Å²) < 4.78 is 4.60. The van der Waals surface area contributed by atoms with Gasteiger partial charge in [-0.15, -0.1) is 0 Å². The third-order valence-corrected chi connectivity index (χ3v) is 12.7. The third kappa shape index (κ3) is 4.50. The number of fused-ring (bicyclic) bond motifs is 11. The molecule has 0 saturated heterocycles. The maximum atomic E-state index is 15.0. The standard InChI is InChI=1S/C56H32N2O2/c59-55-41-27-37(33-13-5-1-6-14-33)21-23-47(41)57-49-25-26-50-52(51(49)43-29-39(31-45(55)53(43)57)35-17-9-3-10-18-35)44-30-40(36-19-11-4-12-20-36)32-46-54(44)58(50)48-24-22-38(28-42(48)56(46)60)34-15-7-2-8-16-34/h1-32H. The Bertz CT molecular complexity index is 3740. The molecule has 0 aliphatic heterocycles. The lowest BCUT2D eigenvalue weighted by atomic mass is 9.96. The molecule has 13 aromatic rings. The minimum atomic E-state index is 0.0138. The van der Waals surface area contributed by atoms with Gasteiger partial charge >= 0.3 is 0 Å². The van der Waals surface area contributed by atoms with E-state index in [-0.39, 0.29) is 10.9 Å². The second kappa shape index (κ2) is 12.2. The van der Waals surface area contributed by atoms with Crippen molar-refractivity contribution in [2.24, 2.45) is 0 Å². The summed E-state index contributed by atoms with van der Waals surface area (Å²) in [5.41, 5.74) is 13.8. The van der Waals surface area contributed by atoms with E-state index in [9.17, 15) is 9.59 Å². The molecule has 0 radical (unpaired) electrons. The molecule has 4 aromatic heterocycles. The summed E-state index contributed by atoms with van der Waals surface area (Å²) in [5, 5.41) is 6.86. The highest BCUT2D eigenvalue weighted by molar-refractivity contribution is 6.33. The summed E-state index contributed by atoms with van der Waals surface area (Å²) in [6.07, 6.45) is 0. The second-order valence-corrected chi connectivity index (χ2v) is 16.0. The molecule has 278 valence electrons. The predicted molar refractivity (Wildman–Crippen MR) is 250 cm³/mol. The summed E-state index contributed by atoms with van der Waals surface area (Å²) in [6.45, 7) is 0. The van der Waals surface area contributed by atoms with Crippen molar-refractivity contribution in [1.82, 2.24) is 8.80 Å². The largest absolute Gasteiger partial charge is 0.308 e. The fourth-order valence-electron chi connectivity index (χ4n) is 10.0. The molecule has 0 amide bonds. The molecule has 4 heteroatoms. The van der Waals surface area contributed by atoms with Gasteiger partial charge in [0.2, 0.25) is 0 Å². The van der Waals surface area contributed by atoms with Crippen LogP contribution in [-0.4, -0.2) is 8.80 Å². The van der Waals surface area contributed by atoms with Crippen molar-refractivity contribution in [1.29, 1.82) is 0 Å². The van der Waals surface area contributed by atoms with Crippen molar-refractivity contribution >= 4 is 76.2 Å². The fraction of sp³-hybridized carbons (Fsp3) is 0. The number of pyridine rings is 2. The molecule has 0 atom stereocenters. The lowest BCUT2D eigenvalue weighted by Gasteiger charge is -2.11. The maximum Gasteiger partial charge on any atom is 0.197 e. The monoisotopic (exact) mass is 764 g/mol. The van der Waals surface area contributed by atoms with Crippen LogP contribution in [0.2, 0.25) is 0 Å². The van der Waals surface area contributed by atoms with Gasteiger partial charge in [-0.3, -0.25) is 9.59 Å². The molecule has 0 N–H and O–H groups in total. The molecular weight excluding hydrogens is 733 g/mol. The minimum Gasteiger partial charge on any atom is -0.308 e. The SMILES string of the molecule is O=c1c2cc(-c3ccccc3)ccc2n2c3ccc4c(c5cc(-c6ccccc6)cc6c(=O)c7cc(-c8ccccc8)ccc7n4c65)c3c3cc(-c4ccccc4)cc1c32. The van der Waals surface area contributed by atoms with Gasteiger partial charge in [-0.25, -0.2) is 0 Å². The van der Waals surface area contributed by atoms with E-state index in [1.807, 2.05) is 72.8 Å². The number of benzene rings is 9. The Morgan fingerprint density at radius 2 is 0.550 bits per heavy atom. The number of hydrogen-bond acceptors (Lipinski definition) is 2. The highest BCUT2D eigenvalue weighted by Gasteiger charge is 2.25. The summed E-state index contributed by atoms with van der Waals surface area (Å²) in [4.78, 5) is 29.9. The number of hydrogen-bond donors (Lipinski definition) is 0. The van der Waals surface area contributed by atoms with Crippen LogP contribution in [-0.2, 0) is 0 Å². The van der Waals surface area contributed by atoms with E-state index in [1.54, 1.807) is 0 Å². The smallest absolute Gasteiger partial charge is 0.197 e. The molecule has 4 heterocycles. The van der Waals surface area contributed by atoms with E-state index in [0.29, 0.717) is 21.5 Å². The van der Waals surface area contributed by atoms with Crippen LogP contribution in [0.4, 0.5) is 0 Å². The highest BCUT2D eigenvalue weighted by Crippen LogP contribution is 2.46. The van der Waals surface area contributed by atoms with E-state index in [0.717, 1.165) is 99.2 Å². The summed E-state index contributed by atoms with van der Waals surface area (Å²) in [6, 6.07) is 66.8. The molecule has 13 rings (SSSR count). The van der Waals surface area contributed by atoms with Gasteiger partial charge in [0.15, 0.2) is 10.9 Å². The molecule has 0 spiro atoms. The van der Waals surface area contributed by atoms with Crippen LogP contribution in [0.5, 0.6) is 0 Å². The molecule has 0 unspecified atom stereocenters. The molecule has 0 bridgehead atoms. The molecule has 0 saturated carbocycles. The normalized spacial score (nSPS) is 12.1. The summed E-state index contributed by atoms with van der Waals surface area (Å²) in [5.74, 6) is 0. The second-order valence-electron chi connectivity index (χ2n) is 16.0. The Hall–Kier alpha value is -8.08. The first-order valence-corrected chi connectivity index (χ1v) is 20.3. The topological polar surface area (TPSA) is 43.0 Å². The average molecular weight is 765 g/mol. The molecule has 0 aliphatic rings. The quantitative estimate of drug-likeness (QED) is 0.168. The van der Waals surface area contributed by atoms with Gasteiger partial charge in [-0.05, 0) is 105 Å². The fourth-order valence-corrected chi connectivity index (χ4v) is 10.0. The zero-order chi connectivity index (χ0) is 39.6. The van der Waals surface area contributed by atoms with Crippen LogP contribution in [0.25, 0.3) is 121 Å². The zero-order valence-corrected chi connectivity index (χ0v) is 32.2. The Balaban J connectivity index is 1.25. The maximum absolute atomic E-state index is 15.0. The molecule has 0 aliphatic carbocycles. The van der Waals surface area contributed by atoms with Crippen LogP contribution >= 0.6 is 0 Å². The van der Waals surface area contributed by atoms with Crippen molar-refractivity contribution in [2.75, 3.05) is 0 Å². The van der Waals surface area contributed by atoms with Gasteiger partial charge in [0.25, 0.3) is 0 Å². The van der Waals surface area contributed by atoms with Crippen molar-refractivity contribution < 1.29 is 0 Å². The van der Waals surface area contributed by atoms with Crippen molar-refractivity contribution in [3.8, 4) is 44.5 Å².